The molecule has 4 fully saturated rings. The Kier molecular flexibility index (Phi) is 15.5. The second-order valence-electron chi connectivity index (χ2n) is 25.3. The maximum absolute atomic E-state index is 15.9. The van der Waals surface area contributed by atoms with Crippen molar-refractivity contribution in [2.75, 3.05) is 26.9 Å². The van der Waals surface area contributed by atoms with Crippen molar-refractivity contribution in [3.63, 3.8) is 0 Å². The SMILES string of the molecule is COCC(CCO)c1c(CO)c2ccc3c(c2oc1=O)C1OC(=O)CC2CC(c4cccc(C5(c6ccccc6)CCCC5)c4)CCC2c2ccc(cc2)CCC(=C(C)CO)C(=O)OC1C1(CCCC2C4C=Cc5ccccc5C4CC21)O3. The van der Waals surface area contributed by atoms with Crippen LogP contribution in [-0.2, 0) is 42.2 Å². The van der Waals surface area contributed by atoms with Crippen molar-refractivity contribution >= 4 is 29.0 Å². The van der Waals surface area contributed by atoms with Crippen LogP contribution in [0.5, 0.6) is 5.75 Å². The zero-order chi connectivity index (χ0) is 57.0. The van der Waals surface area contributed by atoms with Gasteiger partial charge in [0.05, 0.1) is 25.4 Å². The number of methoxy groups -OCH3 is 1. The first-order chi connectivity index (χ1) is 40.6. The van der Waals surface area contributed by atoms with Gasteiger partial charge < -0.3 is 38.7 Å². The number of carbonyl (C=O) groups is 2. The zero-order valence-electron chi connectivity index (χ0n) is 47.9. The number of rotatable bonds is 10. The number of benzene rings is 5. The molecule has 0 saturated heterocycles. The summed E-state index contributed by atoms with van der Waals surface area (Å²) in [5.41, 5.74) is 8.38. The molecule has 4 saturated carbocycles. The molecule has 83 heavy (non-hydrogen) atoms. The molecule has 4 heterocycles. The van der Waals surface area contributed by atoms with Crippen molar-refractivity contribution in [2.45, 2.75) is 157 Å². The van der Waals surface area contributed by atoms with Gasteiger partial charge in [0.1, 0.15) is 11.3 Å². The Balaban J connectivity index is 0.959. The van der Waals surface area contributed by atoms with E-state index in [1.165, 1.54) is 47.8 Å². The van der Waals surface area contributed by atoms with Crippen molar-refractivity contribution < 1.29 is 48.3 Å². The molecule has 8 aliphatic rings. The van der Waals surface area contributed by atoms with Crippen LogP contribution in [0.15, 0.2) is 142 Å². The van der Waals surface area contributed by atoms with E-state index in [4.69, 9.17) is 23.4 Å². The first-order valence-corrected chi connectivity index (χ1v) is 30.8. The molecule has 0 radical (unpaired) electrons. The highest BCUT2D eigenvalue weighted by atomic mass is 16.6. The van der Waals surface area contributed by atoms with Crippen LogP contribution in [-0.4, -0.2) is 65.9 Å². The third-order valence-electron chi connectivity index (χ3n) is 21.3. The van der Waals surface area contributed by atoms with E-state index in [1.54, 1.807) is 13.0 Å². The average molecular weight is 1120 g/mol. The van der Waals surface area contributed by atoms with Gasteiger partial charge in [-0.3, -0.25) is 4.79 Å². The van der Waals surface area contributed by atoms with Gasteiger partial charge in [0.25, 0.3) is 0 Å². The van der Waals surface area contributed by atoms with Gasteiger partial charge >= 0.3 is 17.6 Å². The average Bonchev–Trinajstić information content (AvgIpc) is 3.78. The minimum Gasteiger partial charge on any atom is -0.482 e. The summed E-state index contributed by atoms with van der Waals surface area (Å²) in [4.78, 5) is 46.1. The Morgan fingerprint density at radius 1 is 0.771 bits per heavy atom. The second-order valence-corrected chi connectivity index (χ2v) is 25.3. The largest absolute Gasteiger partial charge is 0.482 e. The molecule has 5 aliphatic carbocycles. The Morgan fingerprint density at radius 3 is 2.35 bits per heavy atom. The number of aliphatic hydroxyl groups is 3. The molecule has 1 spiro atoms. The summed E-state index contributed by atoms with van der Waals surface area (Å²) in [7, 11) is 1.52. The van der Waals surface area contributed by atoms with Crippen LogP contribution in [0.2, 0.25) is 0 Å². The number of hydrogen-bond donors (Lipinski definition) is 3. The van der Waals surface area contributed by atoms with Crippen LogP contribution in [0.1, 0.15) is 182 Å². The van der Waals surface area contributed by atoms with Gasteiger partial charge in [-0.25, -0.2) is 9.59 Å². The van der Waals surface area contributed by atoms with Crippen LogP contribution < -0.4 is 10.4 Å². The first-order valence-electron chi connectivity index (χ1n) is 30.8. The fourth-order valence-electron chi connectivity index (χ4n) is 17.3. The summed E-state index contributed by atoms with van der Waals surface area (Å²) in [6.07, 6.45) is 13.2. The van der Waals surface area contributed by atoms with Crippen LogP contribution >= 0.6 is 0 Å². The topological polar surface area (TPSA) is 162 Å². The third-order valence-corrected chi connectivity index (χ3v) is 21.3. The molecule has 11 heteroatoms. The molecule has 2 bridgehead atoms. The molecule has 3 N–H and O–H groups in total. The molecule has 432 valence electrons. The lowest BCUT2D eigenvalue weighted by Gasteiger charge is -2.53. The standard InChI is InChI=1S/C72H78O11/c1-43(40-74)53-26-21-44-19-22-46(23-20-44)54-27-25-48(47-13-10-16-52(37-47)71(32-8-9-33-71)51-14-4-3-5-15-51)36-50(54)38-63(76)80-67-65-62(30-29-58-60(41-75)64(70(78)81-66(58)65)49(31-35-73)42-79-2)83-72(68(67)82-69(53)77)34-11-18-57-56-28-24-45-12-6-7-17-55(45)59(56)39-61(57)72/h3-7,10,12-17,19-20,22-24,28-30,37,48-50,54,56-57,59,61,67-68,73-75H,8-9,11,18,21,25-27,31-36,38-42H2,1-2H3. The predicted molar refractivity (Wildman–Crippen MR) is 318 cm³/mol. The fourth-order valence-corrected chi connectivity index (χ4v) is 17.3. The first kappa shape index (κ1) is 55.6. The number of aryl methyl sites for hydroxylation is 1. The lowest BCUT2D eigenvalue weighted by Crippen LogP contribution is -2.62. The second kappa shape index (κ2) is 23.1. The van der Waals surface area contributed by atoms with Crippen molar-refractivity contribution in [1.82, 2.24) is 0 Å². The fraction of sp³-hybridized carbons (Fsp3) is 0.458. The van der Waals surface area contributed by atoms with Crippen molar-refractivity contribution in [3.8, 4) is 5.75 Å². The summed E-state index contributed by atoms with van der Waals surface area (Å²) in [6, 6.07) is 41.1. The molecule has 1 aromatic heterocycles. The maximum Gasteiger partial charge on any atom is 0.340 e. The molecule has 0 amide bonds. The summed E-state index contributed by atoms with van der Waals surface area (Å²) in [5.74, 6) is -0.898. The smallest absolute Gasteiger partial charge is 0.340 e. The third kappa shape index (κ3) is 9.81. The Hall–Kier alpha value is -6.63. The summed E-state index contributed by atoms with van der Waals surface area (Å²) in [6.45, 7) is 0.730. The highest BCUT2D eigenvalue weighted by Crippen LogP contribution is 2.64. The van der Waals surface area contributed by atoms with E-state index in [1.807, 2.05) is 6.07 Å². The van der Waals surface area contributed by atoms with E-state index < -0.39 is 47.9 Å². The van der Waals surface area contributed by atoms with E-state index in [2.05, 4.69) is 115 Å². The summed E-state index contributed by atoms with van der Waals surface area (Å²) < 4.78 is 34.0. The number of ether oxygens (including phenoxy) is 4. The predicted octanol–water partition coefficient (Wildman–Crippen LogP) is 13.1. The monoisotopic (exact) mass is 1120 g/mol. The lowest BCUT2D eigenvalue weighted by molar-refractivity contribution is -0.212. The molecule has 5 aromatic carbocycles. The molecule has 11 atom stereocenters. The number of esters is 2. The van der Waals surface area contributed by atoms with Crippen LogP contribution in [0, 0.1) is 23.7 Å². The van der Waals surface area contributed by atoms with E-state index in [-0.39, 0.29) is 96.2 Å². The summed E-state index contributed by atoms with van der Waals surface area (Å²) >= 11 is 0. The zero-order valence-corrected chi connectivity index (χ0v) is 47.9. The van der Waals surface area contributed by atoms with Gasteiger partial charge in [0, 0.05) is 53.9 Å². The van der Waals surface area contributed by atoms with E-state index in [0.29, 0.717) is 47.1 Å². The van der Waals surface area contributed by atoms with Crippen LogP contribution in [0.3, 0.4) is 0 Å². The molecule has 11 nitrogen and oxygen atoms in total. The highest BCUT2D eigenvalue weighted by molar-refractivity contribution is 5.90. The molecule has 11 unspecified atom stereocenters. The van der Waals surface area contributed by atoms with Crippen LogP contribution in [0.4, 0.5) is 0 Å². The normalized spacial score (nSPS) is 29.1. The van der Waals surface area contributed by atoms with Gasteiger partial charge in [-0.05, 0) is 182 Å². The number of hydrogen-bond acceptors (Lipinski definition) is 11. The van der Waals surface area contributed by atoms with Crippen molar-refractivity contribution in [1.29, 1.82) is 0 Å². The molecule has 3 aliphatic heterocycles. The van der Waals surface area contributed by atoms with Gasteiger partial charge in [-0.1, -0.05) is 128 Å². The van der Waals surface area contributed by atoms with Crippen molar-refractivity contribution in [3.05, 3.63) is 199 Å². The minimum atomic E-state index is -1.33. The Bertz CT molecular complexity index is 3510. The van der Waals surface area contributed by atoms with Crippen LogP contribution in [0.25, 0.3) is 17.0 Å². The van der Waals surface area contributed by atoms with Gasteiger partial charge in [-0.15, -0.1) is 0 Å². The number of carbonyl (C=O) groups excluding carboxylic acids is 2. The highest BCUT2D eigenvalue weighted by Gasteiger charge is 2.65. The van der Waals surface area contributed by atoms with E-state index in [0.717, 1.165) is 62.5 Å². The molecule has 14 rings (SSSR count). The van der Waals surface area contributed by atoms with E-state index in [9.17, 15) is 20.1 Å². The molecular weight excluding hydrogens is 1040 g/mol. The number of aliphatic hydroxyl groups excluding tert-OH is 3. The van der Waals surface area contributed by atoms with Gasteiger partial charge in [0.2, 0.25) is 0 Å². The number of fused-ring (bicyclic) bond motifs is 17. The number of allylic oxidation sites excluding steroid dienone is 1. The maximum atomic E-state index is 15.9. The van der Waals surface area contributed by atoms with Gasteiger partial charge in [0.15, 0.2) is 17.8 Å². The lowest BCUT2D eigenvalue weighted by atomic mass is 9.63. The van der Waals surface area contributed by atoms with Crippen molar-refractivity contribution in [2.24, 2.45) is 23.7 Å². The van der Waals surface area contributed by atoms with E-state index >= 15 is 9.59 Å². The Morgan fingerprint density at radius 2 is 1.57 bits per heavy atom. The minimum absolute atomic E-state index is 0.0450. The quantitative estimate of drug-likeness (QED) is 0.0680. The summed E-state index contributed by atoms with van der Waals surface area (Å²) in [5, 5.41) is 32.7. The molecule has 6 aromatic rings. The Labute approximate surface area is 486 Å². The van der Waals surface area contributed by atoms with Gasteiger partial charge in [-0.2, -0.15) is 0 Å². The molecular formula is C72H78O11.